The van der Waals surface area contributed by atoms with Crippen LogP contribution in [0, 0.1) is 0 Å². The van der Waals surface area contributed by atoms with Crippen LogP contribution in [0.3, 0.4) is 0 Å². The number of carbonyl (C=O) groups excluding carboxylic acids is 1. The fourth-order valence-corrected chi connectivity index (χ4v) is 1.55. The van der Waals surface area contributed by atoms with Crippen LogP contribution in [-0.2, 0) is 7.05 Å². The maximum absolute atomic E-state index is 10.9. The van der Waals surface area contributed by atoms with Gasteiger partial charge in [-0.2, -0.15) is 0 Å². The minimum atomic E-state index is -0.676. The molecule has 0 spiro atoms. The fraction of sp³-hybridized carbons (Fsp3) is 0.100. The maximum atomic E-state index is 10.9. The molecule has 15 heavy (non-hydrogen) atoms. The molecule has 2 rings (SSSR count). The summed E-state index contributed by atoms with van der Waals surface area (Å²) >= 11 is 0. The van der Waals surface area contributed by atoms with E-state index in [9.17, 15) is 4.79 Å². The second-order valence-electron chi connectivity index (χ2n) is 3.38. The molecule has 0 saturated heterocycles. The van der Waals surface area contributed by atoms with Crippen molar-refractivity contribution in [1.82, 2.24) is 4.57 Å². The summed E-state index contributed by atoms with van der Waals surface area (Å²) in [4.78, 5) is 10.9. The highest BCUT2D eigenvalue weighted by atomic mass is 16.2. The normalized spacial score (nSPS) is 10.5. The lowest BCUT2D eigenvalue weighted by Crippen LogP contribution is -2.41. The van der Waals surface area contributed by atoms with E-state index in [1.807, 2.05) is 36.0 Å². The summed E-state index contributed by atoms with van der Waals surface area (Å²) in [6.07, 6.45) is 1.94. The number of primary amides is 1. The van der Waals surface area contributed by atoms with Gasteiger partial charge in [-0.15, -0.1) is 0 Å². The lowest BCUT2D eigenvalue weighted by atomic mass is 10.2. The van der Waals surface area contributed by atoms with Crippen LogP contribution < -0.4 is 16.6 Å². The Morgan fingerprint density at radius 1 is 1.40 bits per heavy atom. The predicted octanol–water partition coefficient (Wildman–Crippen LogP) is 0.937. The smallest absolute Gasteiger partial charge is 0.333 e. The number of aryl methyl sites for hydroxylation is 1. The van der Waals surface area contributed by atoms with Crippen molar-refractivity contribution in [2.75, 3.05) is 5.01 Å². The molecule has 0 fully saturated rings. The van der Waals surface area contributed by atoms with Gasteiger partial charge in [0.05, 0.1) is 5.69 Å². The monoisotopic (exact) mass is 204 g/mol. The third kappa shape index (κ3) is 1.53. The number of aromatic nitrogens is 1. The first-order valence-electron chi connectivity index (χ1n) is 4.49. The van der Waals surface area contributed by atoms with E-state index >= 15 is 0 Å². The van der Waals surface area contributed by atoms with Crippen molar-refractivity contribution < 1.29 is 4.79 Å². The molecule has 1 heterocycles. The molecule has 2 aromatic rings. The number of hydrogen-bond acceptors (Lipinski definition) is 2. The highest BCUT2D eigenvalue weighted by molar-refractivity contribution is 5.93. The third-order valence-corrected chi connectivity index (χ3v) is 2.38. The van der Waals surface area contributed by atoms with Crippen molar-refractivity contribution >= 4 is 22.6 Å². The van der Waals surface area contributed by atoms with Crippen LogP contribution >= 0.6 is 0 Å². The first-order chi connectivity index (χ1) is 7.09. The highest BCUT2D eigenvalue weighted by Gasteiger charge is 2.08. The summed E-state index contributed by atoms with van der Waals surface area (Å²) in [5.74, 6) is 5.49. The number of fused-ring (bicyclic) bond motifs is 1. The van der Waals surface area contributed by atoms with Crippen molar-refractivity contribution in [3.8, 4) is 0 Å². The van der Waals surface area contributed by atoms with Crippen LogP contribution in [0.2, 0.25) is 0 Å². The second kappa shape index (κ2) is 3.29. The molecular weight excluding hydrogens is 192 g/mol. The Morgan fingerprint density at radius 2 is 2.13 bits per heavy atom. The molecule has 5 nitrogen and oxygen atoms in total. The van der Waals surface area contributed by atoms with Gasteiger partial charge >= 0.3 is 6.03 Å². The van der Waals surface area contributed by atoms with E-state index in [4.69, 9.17) is 11.6 Å². The van der Waals surface area contributed by atoms with Crippen LogP contribution in [0.5, 0.6) is 0 Å². The number of benzene rings is 1. The molecule has 0 saturated carbocycles. The standard InChI is InChI=1S/C10H12N4O/c1-13-5-4-7-6-8(2-3-9(7)13)14(12)10(11)15/h2-6H,12H2,1H3,(H2,11,15). The number of urea groups is 1. The molecule has 1 aromatic heterocycles. The van der Waals surface area contributed by atoms with Crippen molar-refractivity contribution in [2.45, 2.75) is 0 Å². The molecule has 1 aromatic carbocycles. The van der Waals surface area contributed by atoms with Crippen molar-refractivity contribution in [2.24, 2.45) is 18.6 Å². The van der Waals surface area contributed by atoms with Crippen LogP contribution in [-0.4, -0.2) is 10.6 Å². The maximum Gasteiger partial charge on any atom is 0.333 e. The molecule has 4 N–H and O–H groups in total. The van der Waals surface area contributed by atoms with Crippen LogP contribution in [0.15, 0.2) is 30.5 Å². The van der Waals surface area contributed by atoms with Gasteiger partial charge < -0.3 is 10.3 Å². The Kier molecular flexibility index (Phi) is 2.09. The Labute approximate surface area is 86.8 Å². The van der Waals surface area contributed by atoms with Crippen molar-refractivity contribution in [3.63, 3.8) is 0 Å². The van der Waals surface area contributed by atoms with Gasteiger partial charge in [-0.25, -0.2) is 15.6 Å². The molecule has 78 valence electrons. The Hall–Kier alpha value is -2.01. The third-order valence-electron chi connectivity index (χ3n) is 2.38. The fourth-order valence-electron chi connectivity index (χ4n) is 1.55. The quantitative estimate of drug-likeness (QED) is 0.412. The summed E-state index contributed by atoms with van der Waals surface area (Å²) in [5.41, 5.74) is 6.74. The zero-order valence-electron chi connectivity index (χ0n) is 8.34. The van der Waals surface area contributed by atoms with Crippen molar-refractivity contribution in [1.29, 1.82) is 0 Å². The number of amides is 2. The first-order valence-corrected chi connectivity index (χ1v) is 4.49. The van der Waals surface area contributed by atoms with Gasteiger partial charge in [-0.1, -0.05) is 0 Å². The van der Waals surface area contributed by atoms with Crippen molar-refractivity contribution in [3.05, 3.63) is 30.5 Å². The summed E-state index contributed by atoms with van der Waals surface area (Å²) in [7, 11) is 1.95. The molecule has 0 aliphatic heterocycles. The van der Waals surface area contributed by atoms with Gasteiger partial charge in [-0.05, 0) is 24.3 Å². The van der Waals surface area contributed by atoms with Crippen LogP contribution in [0.25, 0.3) is 10.9 Å². The number of rotatable bonds is 1. The zero-order valence-corrected chi connectivity index (χ0v) is 8.34. The number of nitrogens with two attached hydrogens (primary N) is 2. The molecule has 0 unspecified atom stereocenters. The molecule has 0 bridgehead atoms. The van der Waals surface area contributed by atoms with Crippen LogP contribution in [0.1, 0.15) is 0 Å². The lowest BCUT2D eigenvalue weighted by Gasteiger charge is -2.13. The Balaban J connectivity index is 2.52. The van der Waals surface area contributed by atoms with Gasteiger partial charge in [0.1, 0.15) is 0 Å². The summed E-state index contributed by atoms with van der Waals surface area (Å²) in [6, 6.07) is 6.75. The number of carbonyl (C=O) groups is 1. The molecule has 5 heteroatoms. The van der Waals surface area contributed by atoms with E-state index in [2.05, 4.69) is 0 Å². The number of hydrazine groups is 1. The van der Waals surface area contributed by atoms with E-state index in [0.717, 1.165) is 15.9 Å². The number of nitrogens with zero attached hydrogens (tertiary/aromatic N) is 2. The Bertz CT molecular complexity index is 517. The molecular formula is C10H12N4O. The summed E-state index contributed by atoms with van der Waals surface area (Å²) in [6.45, 7) is 0. The second-order valence-corrected chi connectivity index (χ2v) is 3.38. The lowest BCUT2D eigenvalue weighted by molar-refractivity contribution is 0.254. The van der Waals surface area contributed by atoms with E-state index in [-0.39, 0.29) is 0 Å². The van der Waals surface area contributed by atoms with Gasteiger partial charge in [0.15, 0.2) is 0 Å². The molecule has 2 amide bonds. The largest absolute Gasteiger partial charge is 0.351 e. The van der Waals surface area contributed by atoms with Gasteiger partial charge in [0.25, 0.3) is 0 Å². The van der Waals surface area contributed by atoms with Gasteiger partial charge in [0.2, 0.25) is 0 Å². The SMILES string of the molecule is Cn1ccc2cc(N(N)C(N)=O)ccc21. The van der Waals surface area contributed by atoms with E-state index in [1.54, 1.807) is 6.07 Å². The van der Waals surface area contributed by atoms with Gasteiger partial charge in [-0.3, -0.25) is 0 Å². The van der Waals surface area contributed by atoms with E-state index in [1.165, 1.54) is 0 Å². The summed E-state index contributed by atoms with van der Waals surface area (Å²) in [5, 5.41) is 1.94. The zero-order chi connectivity index (χ0) is 11.0. The molecule has 0 radical (unpaired) electrons. The van der Waals surface area contributed by atoms with Gasteiger partial charge in [0, 0.05) is 24.1 Å². The van der Waals surface area contributed by atoms with E-state index in [0.29, 0.717) is 5.69 Å². The molecule has 0 aliphatic carbocycles. The molecule has 0 atom stereocenters. The van der Waals surface area contributed by atoms with Crippen LogP contribution in [0.4, 0.5) is 10.5 Å². The first kappa shape index (κ1) is 9.54. The Morgan fingerprint density at radius 3 is 2.80 bits per heavy atom. The highest BCUT2D eigenvalue weighted by Crippen LogP contribution is 2.20. The minimum absolute atomic E-state index is 0.584. The minimum Gasteiger partial charge on any atom is -0.351 e. The topological polar surface area (TPSA) is 77.3 Å². The predicted molar refractivity (Wildman–Crippen MR) is 59.2 cm³/mol. The number of anilines is 1. The molecule has 0 aliphatic rings. The number of hydrogen-bond donors (Lipinski definition) is 2. The summed E-state index contributed by atoms with van der Waals surface area (Å²) < 4.78 is 1.99. The average Bonchev–Trinajstić information content (AvgIpc) is 2.59. The van der Waals surface area contributed by atoms with E-state index < -0.39 is 6.03 Å². The average molecular weight is 204 g/mol.